The Morgan fingerprint density at radius 2 is 0.821 bits per heavy atom. The molecule has 56 heavy (non-hydrogen) atoms. The van der Waals surface area contributed by atoms with E-state index < -0.39 is 0 Å². The van der Waals surface area contributed by atoms with Crippen LogP contribution in [0.15, 0.2) is 188 Å². The molecule has 0 saturated heterocycles. The van der Waals surface area contributed by atoms with Crippen molar-refractivity contribution in [1.82, 2.24) is 0 Å². The van der Waals surface area contributed by atoms with Gasteiger partial charge in [-0.05, 0) is 126 Å². The fourth-order valence-corrected chi connectivity index (χ4v) is 9.83. The molecule has 1 heteroatoms. The van der Waals surface area contributed by atoms with Crippen molar-refractivity contribution in [2.75, 3.05) is 4.90 Å². The fraction of sp³-hybridized carbons (Fsp3) is 0.0909. The molecule has 0 bridgehead atoms. The molecular weight excluding hydrogens is 675 g/mol. The van der Waals surface area contributed by atoms with E-state index in [0.29, 0.717) is 0 Å². The average molecular weight is 716 g/mol. The first-order chi connectivity index (χ1) is 27.5. The number of hydrogen-bond acceptors (Lipinski definition) is 1. The van der Waals surface area contributed by atoms with Crippen LogP contribution in [0.2, 0.25) is 0 Å². The Balaban J connectivity index is 1.18. The van der Waals surface area contributed by atoms with Gasteiger partial charge in [-0.3, -0.25) is 0 Å². The largest absolute Gasteiger partial charge is 0.310 e. The highest BCUT2D eigenvalue weighted by atomic mass is 15.1. The second kappa shape index (κ2) is 12.7. The first-order valence-electron chi connectivity index (χ1n) is 19.9. The Hall–Kier alpha value is -6.70. The standard InChI is InChI=1S/C55H41N/c1-55(2)52-26-14-13-24-49(52)50-30-28-42(35-53(50)55)56(54-34-39-18-6-10-22-46(39)48-23-11-12-25-51(48)54)41-27-29-47-40(33-41)32-38-17-5-8-20-44(38)43-19-7-3-15-36(43)31-37-16-4-9-21-45(37)47/h3-30,33-35H,31-32H2,1-2H3. The second-order valence-electron chi connectivity index (χ2n) is 16.1. The average Bonchev–Trinajstić information content (AvgIpc) is 3.47. The van der Waals surface area contributed by atoms with Crippen molar-refractivity contribution in [3.63, 3.8) is 0 Å². The minimum absolute atomic E-state index is 0.119. The van der Waals surface area contributed by atoms with Crippen molar-refractivity contribution in [3.8, 4) is 33.4 Å². The molecule has 0 fully saturated rings. The number of hydrogen-bond donors (Lipinski definition) is 0. The van der Waals surface area contributed by atoms with Gasteiger partial charge in [-0.2, -0.15) is 0 Å². The van der Waals surface area contributed by atoms with Crippen molar-refractivity contribution in [2.24, 2.45) is 0 Å². The summed E-state index contributed by atoms with van der Waals surface area (Å²) in [5.74, 6) is 0. The van der Waals surface area contributed by atoms with E-state index in [1.807, 2.05) is 0 Å². The summed E-state index contributed by atoms with van der Waals surface area (Å²) in [6.45, 7) is 4.75. The number of benzene rings is 9. The minimum Gasteiger partial charge on any atom is -0.310 e. The zero-order chi connectivity index (χ0) is 37.4. The van der Waals surface area contributed by atoms with Gasteiger partial charge in [0.05, 0.1) is 5.69 Å². The van der Waals surface area contributed by atoms with E-state index in [0.717, 1.165) is 18.5 Å². The van der Waals surface area contributed by atoms with E-state index in [4.69, 9.17) is 0 Å². The highest BCUT2D eigenvalue weighted by Crippen LogP contribution is 2.52. The first-order valence-corrected chi connectivity index (χ1v) is 19.9. The molecule has 0 unspecified atom stereocenters. The lowest BCUT2D eigenvalue weighted by Gasteiger charge is -2.30. The third-order valence-electron chi connectivity index (χ3n) is 12.6. The van der Waals surface area contributed by atoms with Crippen LogP contribution in [0, 0.1) is 0 Å². The third-order valence-corrected chi connectivity index (χ3v) is 12.6. The van der Waals surface area contributed by atoms with Crippen LogP contribution in [0.5, 0.6) is 0 Å². The van der Waals surface area contributed by atoms with Gasteiger partial charge < -0.3 is 4.90 Å². The smallest absolute Gasteiger partial charge is 0.0546 e. The molecule has 0 N–H and O–H groups in total. The molecule has 1 nitrogen and oxygen atoms in total. The molecule has 266 valence electrons. The monoisotopic (exact) mass is 715 g/mol. The molecule has 0 aliphatic heterocycles. The van der Waals surface area contributed by atoms with Crippen molar-refractivity contribution in [1.29, 1.82) is 0 Å². The highest BCUT2D eigenvalue weighted by molar-refractivity contribution is 6.14. The zero-order valence-electron chi connectivity index (χ0n) is 31.8. The van der Waals surface area contributed by atoms with E-state index in [1.165, 1.54) is 99.7 Å². The Bertz CT molecular complexity index is 3020. The molecule has 9 aromatic rings. The summed E-state index contributed by atoms with van der Waals surface area (Å²) in [6.07, 6.45) is 1.70. The molecule has 0 atom stereocenters. The molecule has 2 aliphatic carbocycles. The lowest BCUT2D eigenvalue weighted by atomic mass is 9.82. The lowest BCUT2D eigenvalue weighted by molar-refractivity contribution is 0.660. The molecule has 0 heterocycles. The molecule has 0 radical (unpaired) electrons. The van der Waals surface area contributed by atoms with Crippen molar-refractivity contribution < 1.29 is 0 Å². The summed E-state index contributed by atoms with van der Waals surface area (Å²) in [7, 11) is 0. The van der Waals surface area contributed by atoms with Crippen LogP contribution in [0.1, 0.15) is 47.2 Å². The number of fused-ring (bicyclic) bond motifs is 12. The Morgan fingerprint density at radius 1 is 0.357 bits per heavy atom. The summed E-state index contributed by atoms with van der Waals surface area (Å²) in [6, 6.07) is 70.5. The van der Waals surface area contributed by atoms with Gasteiger partial charge >= 0.3 is 0 Å². The van der Waals surface area contributed by atoms with Crippen molar-refractivity contribution >= 4 is 38.6 Å². The van der Waals surface area contributed by atoms with Crippen LogP contribution in [0.25, 0.3) is 54.9 Å². The topological polar surface area (TPSA) is 3.24 Å². The van der Waals surface area contributed by atoms with Crippen LogP contribution >= 0.6 is 0 Å². The molecule has 0 amide bonds. The maximum Gasteiger partial charge on any atom is 0.0546 e. The molecular formula is C55H41N. The summed E-state index contributed by atoms with van der Waals surface area (Å²) in [5, 5.41) is 5.01. The first kappa shape index (κ1) is 32.7. The van der Waals surface area contributed by atoms with Crippen LogP contribution in [-0.2, 0) is 18.3 Å². The molecule has 0 saturated carbocycles. The quantitative estimate of drug-likeness (QED) is 0.165. The SMILES string of the molecule is CC1(C)c2ccccc2-c2ccc(N(c3ccc4c(c3)Cc3ccccc3-c3ccccc3Cc3ccccc3-4)c3cc4ccccc4c4ccccc34)cc21. The predicted octanol–water partition coefficient (Wildman–Crippen LogP) is 14.6. The molecule has 0 spiro atoms. The van der Waals surface area contributed by atoms with E-state index in [-0.39, 0.29) is 5.41 Å². The molecule has 11 rings (SSSR count). The van der Waals surface area contributed by atoms with Gasteiger partial charge in [0.1, 0.15) is 0 Å². The van der Waals surface area contributed by atoms with Gasteiger partial charge in [-0.1, -0.05) is 172 Å². The number of rotatable bonds is 3. The zero-order valence-corrected chi connectivity index (χ0v) is 31.8. The van der Waals surface area contributed by atoms with Crippen LogP contribution < -0.4 is 4.90 Å². The van der Waals surface area contributed by atoms with Crippen LogP contribution in [-0.4, -0.2) is 0 Å². The van der Waals surface area contributed by atoms with Crippen LogP contribution in [0.4, 0.5) is 17.1 Å². The Labute approximate surface area is 329 Å². The Kier molecular flexibility index (Phi) is 7.41. The second-order valence-corrected chi connectivity index (χ2v) is 16.1. The third kappa shape index (κ3) is 5.08. The predicted molar refractivity (Wildman–Crippen MR) is 237 cm³/mol. The maximum atomic E-state index is 2.53. The van der Waals surface area contributed by atoms with E-state index in [2.05, 4.69) is 207 Å². The number of anilines is 3. The van der Waals surface area contributed by atoms with E-state index in [1.54, 1.807) is 0 Å². The van der Waals surface area contributed by atoms with Crippen LogP contribution in [0.3, 0.4) is 0 Å². The molecule has 2 aliphatic rings. The molecule has 9 aromatic carbocycles. The summed E-state index contributed by atoms with van der Waals surface area (Å²) >= 11 is 0. The van der Waals surface area contributed by atoms with E-state index >= 15 is 0 Å². The van der Waals surface area contributed by atoms with Gasteiger partial charge in [0.2, 0.25) is 0 Å². The van der Waals surface area contributed by atoms with Gasteiger partial charge in [0.25, 0.3) is 0 Å². The Morgan fingerprint density at radius 3 is 1.50 bits per heavy atom. The fourth-order valence-electron chi connectivity index (χ4n) is 9.83. The maximum absolute atomic E-state index is 2.53. The summed E-state index contributed by atoms with van der Waals surface area (Å²) < 4.78 is 0. The van der Waals surface area contributed by atoms with Gasteiger partial charge in [-0.15, -0.1) is 0 Å². The summed E-state index contributed by atoms with van der Waals surface area (Å²) in [4.78, 5) is 2.53. The highest BCUT2D eigenvalue weighted by Gasteiger charge is 2.36. The van der Waals surface area contributed by atoms with Gasteiger partial charge in [0, 0.05) is 22.2 Å². The normalized spacial score (nSPS) is 13.5. The van der Waals surface area contributed by atoms with Gasteiger partial charge in [-0.25, -0.2) is 0 Å². The minimum atomic E-state index is -0.119. The summed E-state index contributed by atoms with van der Waals surface area (Å²) in [5.41, 5.74) is 19.4. The van der Waals surface area contributed by atoms with Crippen molar-refractivity contribution in [2.45, 2.75) is 32.1 Å². The van der Waals surface area contributed by atoms with Gasteiger partial charge in [0.15, 0.2) is 0 Å². The number of nitrogens with zero attached hydrogens (tertiary/aromatic N) is 1. The van der Waals surface area contributed by atoms with Crippen molar-refractivity contribution in [3.05, 3.63) is 221 Å². The lowest BCUT2D eigenvalue weighted by Crippen LogP contribution is -2.17. The van der Waals surface area contributed by atoms with E-state index in [9.17, 15) is 0 Å². The molecule has 0 aromatic heterocycles.